The number of anilines is 2. The summed E-state index contributed by atoms with van der Waals surface area (Å²) < 4.78 is 26.4. The topological polar surface area (TPSA) is 32.3 Å². The van der Waals surface area contributed by atoms with Crippen LogP contribution in [0.5, 0.6) is 0 Å². The molecule has 120 valence electrons. The Labute approximate surface area is 133 Å². The second-order valence-electron chi connectivity index (χ2n) is 5.74. The lowest BCUT2D eigenvalue weighted by atomic mass is 10.1. The summed E-state index contributed by atoms with van der Waals surface area (Å²) in [5, 5.41) is 3.26. The van der Waals surface area contributed by atoms with Crippen molar-refractivity contribution in [3.63, 3.8) is 0 Å². The molecular formula is C18H18F2N2O. The van der Waals surface area contributed by atoms with E-state index in [9.17, 15) is 13.6 Å². The van der Waals surface area contributed by atoms with Gasteiger partial charge in [-0.05, 0) is 49.2 Å². The van der Waals surface area contributed by atoms with Crippen molar-refractivity contribution in [2.75, 3.05) is 16.8 Å². The average molecular weight is 316 g/mol. The first kappa shape index (κ1) is 15.5. The summed E-state index contributed by atoms with van der Waals surface area (Å²) in [5.41, 5.74) is 2.35. The third kappa shape index (κ3) is 3.33. The number of carbonyl (C=O) groups excluding carboxylic acids is 1. The molecule has 1 N–H and O–H groups in total. The lowest BCUT2D eigenvalue weighted by molar-refractivity contribution is -0.117. The first-order chi connectivity index (χ1) is 11.0. The first-order valence-corrected chi connectivity index (χ1v) is 7.66. The molecule has 0 aliphatic carbocycles. The predicted octanol–water partition coefficient (Wildman–Crippen LogP) is 4.26. The quantitative estimate of drug-likeness (QED) is 0.914. The zero-order valence-electron chi connectivity index (χ0n) is 12.9. The molecule has 1 heterocycles. The van der Waals surface area contributed by atoms with E-state index in [1.807, 2.05) is 31.2 Å². The van der Waals surface area contributed by atoms with Crippen LogP contribution in [-0.4, -0.2) is 12.5 Å². The zero-order chi connectivity index (χ0) is 16.4. The van der Waals surface area contributed by atoms with Crippen molar-refractivity contribution < 1.29 is 13.6 Å². The van der Waals surface area contributed by atoms with Crippen molar-refractivity contribution in [1.29, 1.82) is 0 Å². The van der Waals surface area contributed by atoms with Gasteiger partial charge in [0.1, 0.15) is 0 Å². The largest absolute Gasteiger partial charge is 0.378 e. The molecule has 0 bridgehead atoms. The second-order valence-corrected chi connectivity index (χ2v) is 5.74. The number of amides is 1. The third-order valence-corrected chi connectivity index (χ3v) is 4.06. The minimum atomic E-state index is -0.854. The summed E-state index contributed by atoms with van der Waals surface area (Å²) in [4.78, 5) is 13.6. The summed E-state index contributed by atoms with van der Waals surface area (Å²) in [6, 6.07) is 11.3. The lowest BCUT2D eigenvalue weighted by Crippen LogP contribution is -2.23. The van der Waals surface area contributed by atoms with E-state index in [4.69, 9.17) is 0 Å². The van der Waals surface area contributed by atoms with Gasteiger partial charge in [-0.25, -0.2) is 8.78 Å². The molecule has 2 aromatic rings. The smallest absolute Gasteiger partial charge is 0.227 e. The highest BCUT2D eigenvalue weighted by Gasteiger charge is 2.21. The van der Waals surface area contributed by atoms with Gasteiger partial charge < -0.3 is 10.2 Å². The van der Waals surface area contributed by atoms with Crippen molar-refractivity contribution in [3.8, 4) is 0 Å². The highest BCUT2D eigenvalue weighted by atomic mass is 19.2. The Morgan fingerprint density at radius 3 is 2.65 bits per heavy atom. The second kappa shape index (κ2) is 6.36. The summed E-state index contributed by atoms with van der Waals surface area (Å²) in [7, 11) is 0. The third-order valence-electron chi connectivity index (χ3n) is 4.06. The molecule has 23 heavy (non-hydrogen) atoms. The van der Waals surface area contributed by atoms with Gasteiger partial charge in [-0.1, -0.05) is 12.1 Å². The molecule has 5 heteroatoms. The molecule has 2 aromatic carbocycles. The van der Waals surface area contributed by atoms with Crippen LogP contribution in [0.2, 0.25) is 0 Å². The van der Waals surface area contributed by atoms with Crippen LogP contribution in [0.1, 0.15) is 31.4 Å². The van der Waals surface area contributed by atoms with E-state index < -0.39 is 11.6 Å². The van der Waals surface area contributed by atoms with Gasteiger partial charge in [0.05, 0.1) is 0 Å². The molecule has 1 aliphatic rings. The Kier molecular flexibility index (Phi) is 4.28. The number of halogens is 2. The van der Waals surface area contributed by atoms with Crippen molar-refractivity contribution in [3.05, 3.63) is 59.7 Å². The standard InChI is InChI=1S/C18H18F2N2O/c1-12(13-7-8-16(19)17(20)10-13)21-14-4-2-5-15(11-14)22-9-3-6-18(22)23/h2,4-5,7-8,10-12,21H,3,6,9H2,1H3. The van der Waals surface area contributed by atoms with E-state index in [1.54, 1.807) is 11.0 Å². The molecular weight excluding hydrogens is 298 g/mol. The first-order valence-electron chi connectivity index (χ1n) is 7.66. The Bertz CT molecular complexity index is 733. The Morgan fingerprint density at radius 1 is 1.13 bits per heavy atom. The van der Waals surface area contributed by atoms with Gasteiger partial charge in [0.25, 0.3) is 0 Å². The Hall–Kier alpha value is -2.43. The number of carbonyl (C=O) groups is 1. The molecule has 1 aliphatic heterocycles. The molecule has 3 rings (SSSR count). The normalized spacial score (nSPS) is 15.8. The van der Waals surface area contributed by atoms with Crippen LogP contribution in [0.15, 0.2) is 42.5 Å². The Morgan fingerprint density at radius 2 is 1.96 bits per heavy atom. The number of benzene rings is 2. The van der Waals surface area contributed by atoms with Gasteiger partial charge in [0, 0.05) is 30.4 Å². The fourth-order valence-electron chi connectivity index (χ4n) is 2.80. The molecule has 1 amide bonds. The van der Waals surface area contributed by atoms with E-state index in [0.29, 0.717) is 12.0 Å². The van der Waals surface area contributed by atoms with E-state index in [-0.39, 0.29) is 11.9 Å². The van der Waals surface area contributed by atoms with Crippen LogP contribution < -0.4 is 10.2 Å². The Balaban J connectivity index is 1.77. The molecule has 0 saturated carbocycles. The molecule has 3 nitrogen and oxygen atoms in total. The van der Waals surface area contributed by atoms with Crippen LogP contribution in [0.4, 0.5) is 20.2 Å². The van der Waals surface area contributed by atoms with Crippen molar-refractivity contribution in [2.45, 2.75) is 25.8 Å². The van der Waals surface area contributed by atoms with E-state index in [0.717, 1.165) is 30.4 Å². The fourth-order valence-corrected chi connectivity index (χ4v) is 2.80. The van der Waals surface area contributed by atoms with Gasteiger partial charge in [-0.3, -0.25) is 4.79 Å². The average Bonchev–Trinajstić information content (AvgIpc) is 2.96. The number of nitrogens with one attached hydrogen (secondary N) is 1. The van der Waals surface area contributed by atoms with Crippen LogP contribution >= 0.6 is 0 Å². The summed E-state index contributed by atoms with van der Waals surface area (Å²) >= 11 is 0. The van der Waals surface area contributed by atoms with Gasteiger partial charge in [-0.15, -0.1) is 0 Å². The number of rotatable bonds is 4. The van der Waals surface area contributed by atoms with Gasteiger partial charge in [0.2, 0.25) is 5.91 Å². The molecule has 1 unspecified atom stereocenters. The van der Waals surface area contributed by atoms with Crippen LogP contribution in [0.3, 0.4) is 0 Å². The van der Waals surface area contributed by atoms with Crippen molar-refractivity contribution >= 4 is 17.3 Å². The zero-order valence-corrected chi connectivity index (χ0v) is 12.9. The summed E-state index contributed by atoms with van der Waals surface area (Å²) in [6.07, 6.45) is 1.46. The van der Waals surface area contributed by atoms with Crippen LogP contribution in [-0.2, 0) is 4.79 Å². The maximum atomic E-state index is 13.3. The van der Waals surface area contributed by atoms with Gasteiger partial charge >= 0.3 is 0 Å². The molecule has 0 radical (unpaired) electrons. The van der Waals surface area contributed by atoms with E-state index in [2.05, 4.69) is 5.32 Å². The molecule has 0 spiro atoms. The van der Waals surface area contributed by atoms with Crippen molar-refractivity contribution in [2.24, 2.45) is 0 Å². The maximum absolute atomic E-state index is 13.3. The van der Waals surface area contributed by atoms with Gasteiger partial charge in [0.15, 0.2) is 11.6 Å². The minimum absolute atomic E-state index is 0.135. The fraction of sp³-hybridized carbons (Fsp3) is 0.278. The predicted molar refractivity (Wildman–Crippen MR) is 86.4 cm³/mol. The van der Waals surface area contributed by atoms with E-state index >= 15 is 0 Å². The highest BCUT2D eigenvalue weighted by Crippen LogP contribution is 2.27. The highest BCUT2D eigenvalue weighted by molar-refractivity contribution is 5.95. The number of hydrogen-bond acceptors (Lipinski definition) is 2. The molecule has 1 saturated heterocycles. The van der Waals surface area contributed by atoms with Crippen LogP contribution in [0.25, 0.3) is 0 Å². The van der Waals surface area contributed by atoms with Gasteiger partial charge in [-0.2, -0.15) is 0 Å². The minimum Gasteiger partial charge on any atom is -0.378 e. The molecule has 1 fully saturated rings. The number of hydrogen-bond donors (Lipinski definition) is 1. The molecule has 0 aromatic heterocycles. The summed E-state index contributed by atoms with van der Waals surface area (Å²) in [6.45, 7) is 2.61. The van der Waals surface area contributed by atoms with Crippen LogP contribution in [0, 0.1) is 11.6 Å². The maximum Gasteiger partial charge on any atom is 0.227 e. The van der Waals surface area contributed by atoms with E-state index in [1.165, 1.54) is 6.07 Å². The monoisotopic (exact) mass is 316 g/mol. The lowest BCUT2D eigenvalue weighted by Gasteiger charge is -2.19. The molecule has 1 atom stereocenters. The SMILES string of the molecule is CC(Nc1cccc(N2CCCC2=O)c1)c1ccc(F)c(F)c1. The number of nitrogens with zero attached hydrogens (tertiary/aromatic N) is 1. The summed E-state index contributed by atoms with van der Waals surface area (Å²) in [5.74, 6) is -1.57. The van der Waals surface area contributed by atoms with Crippen molar-refractivity contribution in [1.82, 2.24) is 0 Å².